The molecule has 1 aromatic heterocycles. The van der Waals surface area contributed by atoms with Crippen LogP contribution in [0.25, 0.3) is 0 Å². The molecule has 1 amide bonds. The van der Waals surface area contributed by atoms with Gasteiger partial charge in [0.25, 0.3) is 5.91 Å². The number of hydrogen-bond donors (Lipinski definition) is 2. The summed E-state index contributed by atoms with van der Waals surface area (Å²) in [6, 6.07) is 9.56. The minimum atomic E-state index is -0.144. The third kappa shape index (κ3) is 4.85. The van der Waals surface area contributed by atoms with E-state index in [4.69, 9.17) is 4.74 Å². The predicted octanol–water partition coefficient (Wildman–Crippen LogP) is 2.66. The zero-order valence-electron chi connectivity index (χ0n) is 13.2. The van der Waals surface area contributed by atoms with Crippen LogP contribution in [0.2, 0.25) is 0 Å². The lowest BCUT2D eigenvalue weighted by Crippen LogP contribution is -2.26. The van der Waals surface area contributed by atoms with Gasteiger partial charge in [0.2, 0.25) is 0 Å². The van der Waals surface area contributed by atoms with E-state index in [9.17, 15) is 4.79 Å². The van der Waals surface area contributed by atoms with Gasteiger partial charge in [-0.1, -0.05) is 24.3 Å². The van der Waals surface area contributed by atoms with Crippen molar-refractivity contribution in [2.45, 2.75) is 6.42 Å². The zero-order valence-corrected chi connectivity index (χ0v) is 13.2. The Balaban J connectivity index is 1.90. The fraction of sp³-hybridized carbons (Fsp3) is 0.222. The summed E-state index contributed by atoms with van der Waals surface area (Å²) in [6.07, 6.45) is 5.68. The summed E-state index contributed by atoms with van der Waals surface area (Å²) < 4.78 is 5.30. The summed E-state index contributed by atoms with van der Waals surface area (Å²) >= 11 is 0. The van der Waals surface area contributed by atoms with Crippen LogP contribution in [0.3, 0.4) is 0 Å². The molecule has 0 bridgehead atoms. The maximum absolute atomic E-state index is 12.2. The van der Waals surface area contributed by atoms with Crippen molar-refractivity contribution < 1.29 is 9.53 Å². The van der Waals surface area contributed by atoms with Crippen LogP contribution < -0.4 is 15.4 Å². The fourth-order valence-corrected chi connectivity index (χ4v) is 2.17. The molecule has 0 aliphatic carbocycles. The van der Waals surface area contributed by atoms with Crippen LogP contribution in [0.1, 0.15) is 15.9 Å². The first-order valence-corrected chi connectivity index (χ1v) is 7.44. The van der Waals surface area contributed by atoms with Gasteiger partial charge in [-0.2, -0.15) is 0 Å². The molecule has 0 unspecified atom stereocenters. The number of ether oxygens (including phenoxy) is 1. The summed E-state index contributed by atoms with van der Waals surface area (Å²) in [4.78, 5) is 16.3. The van der Waals surface area contributed by atoms with Gasteiger partial charge in [0.15, 0.2) is 0 Å². The molecule has 0 aliphatic heterocycles. The number of methoxy groups -OCH3 is 1. The molecule has 1 aromatic carbocycles. The molecule has 0 radical (unpaired) electrons. The molecule has 0 aliphatic rings. The van der Waals surface area contributed by atoms with Crippen LogP contribution in [0, 0.1) is 0 Å². The van der Waals surface area contributed by atoms with E-state index in [1.165, 1.54) is 0 Å². The predicted molar refractivity (Wildman–Crippen MR) is 92.0 cm³/mol. The van der Waals surface area contributed by atoms with Crippen LogP contribution in [-0.4, -0.2) is 31.1 Å². The highest BCUT2D eigenvalue weighted by atomic mass is 16.5. The standard InChI is InChI=1S/C18H21N3O2/c1-3-9-20-16-11-15(12-19-13-16)18(22)21-10-8-14-6-4-5-7-17(14)23-2/h3-7,11-13,20H,1,8-10H2,2H3,(H,21,22). The normalized spacial score (nSPS) is 9.96. The highest BCUT2D eigenvalue weighted by Gasteiger charge is 2.07. The Labute approximate surface area is 136 Å². The van der Waals surface area contributed by atoms with Crippen molar-refractivity contribution in [2.75, 3.05) is 25.5 Å². The Morgan fingerprint density at radius 2 is 2.17 bits per heavy atom. The Morgan fingerprint density at radius 1 is 1.35 bits per heavy atom. The molecule has 0 fully saturated rings. The molecule has 0 saturated heterocycles. The summed E-state index contributed by atoms with van der Waals surface area (Å²) in [5.74, 6) is 0.689. The first-order chi connectivity index (χ1) is 11.2. The number of nitrogens with zero attached hydrogens (tertiary/aromatic N) is 1. The van der Waals surface area contributed by atoms with E-state index < -0.39 is 0 Å². The van der Waals surface area contributed by atoms with Crippen molar-refractivity contribution in [2.24, 2.45) is 0 Å². The molecular weight excluding hydrogens is 290 g/mol. The van der Waals surface area contributed by atoms with E-state index in [0.29, 0.717) is 25.1 Å². The van der Waals surface area contributed by atoms with Gasteiger partial charge in [-0.25, -0.2) is 0 Å². The van der Waals surface area contributed by atoms with Gasteiger partial charge in [0.1, 0.15) is 5.75 Å². The van der Waals surface area contributed by atoms with E-state index >= 15 is 0 Å². The van der Waals surface area contributed by atoms with E-state index in [1.54, 1.807) is 31.6 Å². The lowest BCUT2D eigenvalue weighted by Gasteiger charge is -2.10. The van der Waals surface area contributed by atoms with E-state index in [-0.39, 0.29) is 5.91 Å². The SMILES string of the molecule is C=CCNc1cncc(C(=O)NCCc2ccccc2OC)c1. The quantitative estimate of drug-likeness (QED) is 0.736. The van der Waals surface area contributed by atoms with Crippen LogP contribution in [0.15, 0.2) is 55.4 Å². The largest absolute Gasteiger partial charge is 0.496 e. The van der Waals surface area contributed by atoms with E-state index in [0.717, 1.165) is 17.0 Å². The van der Waals surface area contributed by atoms with E-state index in [1.807, 2.05) is 24.3 Å². The molecule has 2 N–H and O–H groups in total. The van der Waals surface area contributed by atoms with Crippen LogP contribution in [0.5, 0.6) is 5.75 Å². The first kappa shape index (κ1) is 16.5. The van der Waals surface area contributed by atoms with Gasteiger partial charge in [0, 0.05) is 25.5 Å². The number of aromatic nitrogens is 1. The Bertz CT molecular complexity index is 671. The molecular formula is C18H21N3O2. The molecule has 0 spiro atoms. The minimum absolute atomic E-state index is 0.144. The summed E-state index contributed by atoms with van der Waals surface area (Å²) in [5.41, 5.74) is 2.39. The lowest BCUT2D eigenvalue weighted by atomic mass is 10.1. The second-order valence-electron chi connectivity index (χ2n) is 4.95. The highest BCUT2D eigenvalue weighted by Crippen LogP contribution is 2.17. The third-order valence-electron chi connectivity index (χ3n) is 3.32. The average Bonchev–Trinajstić information content (AvgIpc) is 2.60. The van der Waals surface area contributed by atoms with Crippen molar-refractivity contribution in [3.05, 3.63) is 66.5 Å². The number of nitrogens with one attached hydrogen (secondary N) is 2. The average molecular weight is 311 g/mol. The second-order valence-corrected chi connectivity index (χ2v) is 4.95. The maximum atomic E-state index is 12.2. The molecule has 5 heteroatoms. The van der Waals surface area contributed by atoms with Gasteiger partial charge < -0.3 is 15.4 Å². The maximum Gasteiger partial charge on any atom is 0.252 e. The number of pyridine rings is 1. The van der Waals surface area contributed by atoms with Gasteiger partial charge in [-0.3, -0.25) is 9.78 Å². The van der Waals surface area contributed by atoms with Crippen molar-refractivity contribution in [1.82, 2.24) is 10.3 Å². The fourth-order valence-electron chi connectivity index (χ4n) is 2.17. The van der Waals surface area contributed by atoms with Gasteiger partial charge in [-0.05, 0) is 24.1 Å². The summed E-state index contributed by atoms with van der Waals surface area (Å²) in [5, 5.41) is 6.01. The minimum Gasteiger partial charge on any atom is -0.496 e. The smallest absolute Gasteiger partial charge is 0.252 e. The van der Waals surface area contributed by atoms with Gasteiger partial charge in [0.05, 0.1) is 18.4 Å². The Hall–Kier alpha value is -2.82. The summed E-state index contributed by atoms with van der Waals surface area (Å²) in [7, 11) is 1.64. The monoisotopic (exact) mass is 311 g/mol. The molecule has 2 rings (SSSR count). The number of benzene rings is 1. The number of hydrogen-bond acceptors (Lipinski definition) is 4. The number of anilines is 1. The Kier molecular flexibility index (Phi) is 6.17. The molecule has 0 atom stereocenters. The van der Waals surface area contributed by atoms with Gasteiger partial charge in [-0.15, -0.1) is 6.58 Å². The third-order valence-corrected chi connectivity index (χ3v) is 3.32. The van der Waals surface area contributed by atoms with Crippen molar-refractivity contribution >= 4 is 11.6 Å². The molecule has 1 heterocycles. The molecule has 2 aromatic rings. The number of carbonyl (C=O) groups excluding carboxylic acids is 1. The van der Waals surface area contributed by atoms with E-state index in [2.05, 4.69) is 22.2 Å². The number of carbonyl (C=O) groups is 1. The zero-order chi connectivity index (χ0) is 16.5. The Morgan fingerprint density at radius 3 is 2.96 bits per heavy atom. The second kappa shape index (κ2) is 8.58. The van der Waals surface area contributed by atoms with Crippen molar-refractivity contribution in [1.29, 1.82) is 0 Å². The van der Waals surface area contributed by atoms with Crippen LogP contribution in [-0.2, 0) is 6.42 Å². The van der Waals surface area contributed by atoms with Crippen molar-refractivity contribution in [3.63, 3.8) is 0 Å². The molecule has 23 heavy (non-hydrogen) atoms. The van der Waals surface area contributed by atoms with Crippen LogP contribution in [0.4, 0.5) is 5.69 Å². The number of para-hydroxylation sites is 1. The summed E-state index contributed by atoms with van der Waals surface area (Å²) in [6.45, 7) is 4.80. The van der Waals surface area contributed by atoms with Gasteiger partial charge >= 0.3 is 0 Å². The first-order valence-electron chi connectivity index (χ1n) is 7.44. The lowest BCUT2D eigenvalue weighted by molar-refractivity contribution is 0.0953. The van der Waals surface area contributed by atoms with Crippen LogP contribution >= 0.6 is 0 Å². The topological polar surface area (TPSA) is 63.2 Å². The molecule has 0 saturated carbocycles. The molecule has 5 nitrogen and oxygen atoms in total. The van der Waals surface area contributed by atoms with Crippen molar-refractivity contribution in [3.8, 4) is 5.75 Å². The highest BCUT2D eigenvalue weighted by molar-refractivity contribution is 5.94. The number of rotatable bonds is 8. The molecule has 120 valence electrons. The number of amides is 1.